The molecule has 0 saturated heterocycles. The number of benzene rings is 1. The molecule has 0 saturated carbocycles. The maximum Gasteiger partial charge on any atom is 0.0744 e. The Balaban J connectivity index is 2.50. The van der Waals surface area contributed by atoms with Crippen molar-refractivity contribution in [2.45, 2.75) is 19.4 Å². The summed E-state index contributed by atoms with van der Waals surface area (Å²) in [6.07, 6.45) is 0. The Morgan fingerprint density at radius 3 is 2.86 bits per heavy atom. The standard InChI is InChI=1S/C11H15BrN2/c1-11(2)7-14(3)10-8(12)5-4-6-9(10)13-11/h4-6,13H,7H2,1-3H3. The second kappa shape index (κ2) is 3.16. The van der Waals surface area contributed by atoms with Gasteiger partial charge >= 0.3 is 0 Å². The molecule has 3 heteroatoms. The van der Waals surface area contributed by atoms with Crippen molar-refractivity contribution in [1.82, 2.24) is 0 Å². The molecule has 2 nitrogen and oxygen atoms in total. The van der Waals surface area contributed by atoms with Crippen LogP contribution in [0.15, 0.2) is 22.7 Å². The van der Waals surface area contributed by atoms with Crippen molar-refractivity contribution < 1.29 is 0 Å². The van der Waals surface area contributed by atoms with Crippen molar-refractivity contribution in [3.8, 4) is 0 Å². The van der Waals surface area contributed by atoms with Gasteiger partial charge in [0.15, 0.2) is 0 Å². The maximum absolute atomic E-state index is 3.58. The highest BCUT2D eigenvalue weighted by Gasteiger charge is 2.28. The van der Waals surface area contributed by atoms with E-state index in [9.17, 15) is 0 Å². The first-order valence-corrected chi connectivity index (χ1v) is 5.57. The van der Waals surface area contributed by atoms with E-state index in [4.69, 9.17) is 0 Å². The summed E-state index contributed by atoms with van der Waals surface area (Å²) in [4.78, 5) is 2.29. The lowest BCUT2D eigenvalue weighted by atomic mass is 10.00. The van der Waals surface area contributed by atoms with Gasteiger partial charge in [0.25, 0.3) is 0 Å². The largest absolute Gasteiger partial charge is 0.377 e. The van der Waals surface area contributed by atoms with Gasteiger partial charge in [0.05, 0.1) is 11.4 Å². The van der Waals surface area contributed by atoms with Gasteiger partial charge in [-0.25, -0.2) is 0 Å². The highest BCUT2D eigenvalue weighted by molar-refractivity contribution is 9.10. The number of hydrogen-bond acceptors (Lipinski definition) is 2. The van der Waals surface area contributed by atoms with Gasteiger partial charge in [-0.3, -0.25) is 0 Å². The summed E-state index contributed by atoms with van der Waals surface area (Å²) in [7, 11) is 2.13. The number of anilines is 2. The number of hydrogen-bond donors (Lipinski definition) is 1. The number of para-hydroxylation sites is 1. The molecule has 0 aliphatic carbocycles. The van der Waals surface area contributed by atoms with Gasteiger partial charge in [0, 0.05) is 23.6 Å². The molecule has 1 aromatic carbocycles. The van der Waals surface area contributed by atoms with Gasteiger partial charge in [-0.1, -0.05) is 6.07 Å². The minimum atomic E-state index is 0.141. The first kappa shape index (κ1) is 9.84. The average molecular weight is 255 g/mol. The van der Waals surface area contributed by atoms with E-state index < -0.39 is 0 Å². The Labute approximate surface area is 93.4 Å². The summed E-state index contributed by atoms with van der Waals surface area (Å²) in [5.41, 5.74) is 2.60. The van der Waals surface area contributed by atoms with Crippen molar-refractivity contribution in [3.63, 3.8) is 0 Å². The van der Waals surface area contributed by atoms with Gasteiger partial charge in [-0.05, 0) is 41.9 Å². The van der Waals surface area contributed by atoms with E-state index in [0.29, 0.717) is 0 Å². The molecule has 14 heavy (non-hydrogen) atoms. The monoisotopic (exact) mass is 254 g/mol. The van der Waals surface area contributed by atoms with Crippen LogP contribution in [0, 0.1) is 0 Å². The van der Waals surface area contributed by atoms with Crippen molar-refractivity contribution in [3.05, 3.63) is 22.7 Å². The van der Waals surface area contributed by atoms with E-state index in [-0.39, 0.29) is 5.54 Å². The highest BCUT2D eigenvalue weighted by atomic mass is 79.9. The van der Waals surface area contributed by atoms with Crippen LogP contribution in [0.4, 0.5) is 11.4 Å². The molecule has 1 aliphatic rings. The van der Waals surface area contributed by atoms with Crippen molar-refractivity contribution in [2.24, 2.45) is 0 Å². The molecule has 0 radical (unpaired) electrons. The van der Waals surface area contributed by atoms with Crippen molar-refractivity contribution in [2.75, 3.05) is 23.8 Å². The zero-order chi connectivity index (χ0) is 10.3. The molecular formula is C11H15BrN2. The molecule has 0 aromatic heterocycles. The number of nitrogens with zero attached hydrogens (tertiary/aromatic N) is 1. The Morgan fingerprint density at radius 1 is 1.43 bits per heavy atom. The molecule has 1 heterocycles. The van der Waals surface area contributed by atoms with E-state index in [0.717, 1.165) is 11.0 Å². The van der Waals surface area contributed by atoms with Gasteiger partial charge < -0.3 is 10.2 Å². The molecule has 0 bridgehead atoms. The quantitative estimate of drug-likeness (QED) is 0.766. The Kier molecular flexibility index (Phi) is 2.22. The summed E-state index contributed by atoms with van der Waals surface area (Å²) in [5, 5.41) is 3.54. The van der Waals surface area contributed by atoms with Crippen LogP contribution in [0.25, 0.3) is 0 Å². The van der Waals surface area contributed by atoms with E-state index >= 15 is 0 Å². The number of halogens is 1. The van der Waals surface area contributed by atoms with Gasteiger partial charge in [0.1, 0.15) is 0 Å². The Hall–Kier alpha value is -0.700. The van der Waals surface area contributed by atoms with Gasteiger partial charge in [-0.2, -0.15) is 0 Å². The summed E-state index contributed by atoms with van der Waals surface area (Å²) in [5.74, 6) is 0. The first-order chi connectivity index (χ1) is 6.49. The van der Waals surface area contributed by atoms with Crippen LogP contribution in [-0.2, 0) is 0 Å². The lowest BCUT2D eigenvalue weighted by Gasteiger charge is -2.40. The van der Waals surface area contributed by atoms with Crippen molar-refractivity contribution >= 4 is 27.3 Å². The zero-order valence-corrected chi connectivity index (χ0v) is 10.4. The Morgan fingerprint density at radius 2 is 2.14 bits per heavy atom. The van der Waals surface area contributed by atoms with E-state index in [1.54, 1.807) is 0 Å². The van der Waals surface area contributed by atoms with Crippen LogP contribution in [0.3, 0.4) is 0 Å². The molecule has 1 aliphatic heterocycles. The molecule has 2 rings (SSSR count). The van der Waals surface area contributed by atoms with Crippen LogP contribution in [0.5, 0.6) is 0 Å². The third-order valence-electron chi connectivity index (χ3n) is 2.47. The topological polar surface area (TPSA) is 15.3 Å². The third-order valence-corrected chi connectivity index (χ3v) is 3.11. The summed E-state index contributed by atoms with van der Waals surface area (Å²) in [6, 6.07) is 6.26. The summed E-state index contributed by atoms with van der Waals surface area (Å²) in [6.45, 7) is 5.45. The van der Waals surface area contributed by atoms with Crippen LogP contribution >= 0.6 is 15.9 Å². The average Bonchev–Trinajstić information content (AvgIpc) is 2.00. The van der Waals surface area contributed by atoms with Crippen LogP contribution in [-0.4, -0.2) is 19.1 Å². The Bertz CT molecular complexity index is 360. The lowest BCUT2D eigenvalue weighted by molar-refractivity contribution is 0.549. The SMILES string of the molecule is CN1CC(C)(C)Nc2cccc(Br)c21. The van der Waals surface area contributed by atoms with E-state index in [2.05, 4.69) is 65.2 Å². The second-order valence-corrected chi connectivity index (χ2v) is 5.36. The highest BCUT2D eigenvalue weighted by Crippen LogP contribution is 2.38. The van der Waals surface area contributed by atoms with Gasteiger partial charge in [0.2, 0.25) is 0 Å². The summed E-state index contributed by atoms with van der Waals surface area (Å²) >= 11 is 3.58. The number of likely N-dealkylation sites (N-methyl/N-ethyl adjacent to an activating group) is 1. The van der Waals surface area contributed by atoms with Crippen molar-refractivity contribution in [1.29, 1.82) is 0 Å². The lowest BCUT2D eigenvalue weighted by Crippen LogP contribution is -2.47. The normalized spacial score (nSPS) is 18.7. The first-order valence-electron chi connectivity index (χ1n) is 4.77. The molecular weight excluding hydrogens is 240 g/mol. The molecule has 0 atom stereocenters. The molecule has 0 spiro atoms. The third kappa shape index (κ3) is 1.61. The number of rotatable bonds is 0. The molecule has 0 fully saturated rings. The van der Waals surface area contributed by atoms with E-state index in [1.165, 1.54) is 11.4 Å². The number of nitrogens with one attached hydrogen (secondary N) is 1. The van der Waals surface area contributed by atoms with Crippen LogP contribution in [0.1, 0.15) is 13.8 Å². The fourth-order valence-corrected chi connectivity index (χ4v) is 2.75. The van der Waals surface area contributed by atoms with E-state index in [1.807, 2.05) is 0 Å². The molecule has 1 aromatic rings. The maximum atomic E-state index is 3.58. The minimum Gasteiger partial charge on any atom is -0.377 e. The van der Waals surface area contributed by atoms with Crippen LogP contribution < -0.4 is 10.2 Å². The zero-order valence-electron chi connectivity index (χ0n) is 8.76. The fourth-order valence-electron chi connectivity index (χ4n) is 2.08. The summed E-state index contributed by atoms with van der Waals surface area (Å²) < 4.78 is 1.15. The van der Waals surface area contributed by atoms with Crippen LogP contribution in [0.2, 0.25) is 0 Å². The predicted molar refractivity (Wildman–Crippen MR) is 65.1 cm³/mol. The number of fused-ring (bicyclic) bond motifs is 1. The molecule has 76 valence electrons. The molecule has 0 amide bonds. The minimum absolute atomic E-state index is 0.141. The predicted octanol–water partition coefficient (Wildman–Crippen LogP) is 3.09. The molecule has 0 unspecified atom stereocenters. The fraction of sp³-hybridized carbons (Fsp3) is 0.455. The second-order valence-electron chi connectivity index (χ2n) is 4.50. The smallest absolute Gasteiger partial charge is 0.0744 e. The van der Waals surface area contributed by atoms with Gasteiger partial charge in [-0.15, -0.1) is 0 Å². The molecule has 1 N–H and O–H groups in total.